The molecule has 18 heavy (non-hydrogen) atoms. The number of nitrogens with one attached hydrogen (secondary N) is 1. The van der Waals surface area contributed by atoms with Crippen molar-refractivity contribution in [3.8, 4) is 0 Å². The van der Waals surface area contributed by atoms with E-state index >= 15 is 0 Å². The summed E-state index contributed by atoms with van der Waals surface area (Å²) in [5.74, 6) is 0. The van der Waals surface area contributed by atoms with E-state index in [2.05, 4.69) is 9.82 Å². The maximum absolute atomic E-state index is 12.1. The highest BCUT2D eigenvalue weighted by Gasteiger charge is 2.29. The molecule has 1 heterocycles. The zero-order valence-corrected chi connectivity index (χ0v) is 11.4. The Hall–Kier alpha value is -0.920. The van der Waals surface area contributed by atoms with Gasteiger partial charge in [0, 0.05) is 19.1 Å². The zero-order valence-electron chi connectivity index (χ0n) is 10.6. The van der Waals surface area contributed by atoms with Crippen LogP contribution in [0.15, 0.2) is 17.3 Å². The standard InChI is InChI=1S/C11H20N4O2S/c1-15-10(5-8-13-15)18(16,17)14-9-11(12)6-3-2-4-7-11/h5,8,14H,2-4,6-7,9,12H2,1H3. The molecule has 102 valence electrons. The van der Waals surface area contributed by atoms with Gasteiger partial charge in [-0.15, -0.1) is 0 Å². The Balaban J connectivity index is 2.03. The number of nitrogens with two attached hydrogens (primary N) is 1. The van der Waals surface area contributed by atoms with E-state index in [1.807, 2.05) is 0 Å². The van der Waals surface area contributed by atoms with E-state index < -0.39 is 15.6 Å². The maximum atomic E-state index is 12.1. The van der Waals surface area contributed by atoms with Crippen LogP contribution in [-0.2, 0) is 17.1 Å². The molecule has 0 aromatic carbocycles. The van der Waals surface area contributed by atoms with Crippen LogP contribution in [0.5, 0.6) is 0 Å². The third-order valence-corrected chi connectivity index (χ3v) is 4.99. The number of hydrogen-bond donors (Lipinski definition) is 2. The minimum atomic E-state index is -3.51. The monoisotopic (exact) mass is 272 g/mol. The van der Waals surface area contributed by atoms with E-state index in [4.69, 9.17) is 5.73 Å². The van der Waals surface area contributed by atoms with Gasteiger partial charge in [0.15, 0.2) is 5.03 Å². The molecule has 2 rings (SSSR count). The molecule has 0 aliphatic heterocycles. The Bertz CT molecular complexity index is 503. The molecular formula is C11H20N4O2S. The second-order valence-electron chi connectivity index (χ2n) is 5.04. The molecule has 1 aliphatic rings. The van der Waals surface area contributed by atoms with Gasteiger partial charge in [0.25, 0.3) is 10.0 Å². The van der Waals surface area contributed by atoms with Crippen LogP contribution >= 0.6 is 0 Å². The largest absolute Gasteiger partial charge is 0.324 e. The highest BCUT2D eigenvalue weighted by Crippen LogP contribution is 2.25. The molecule has 1 aliphatic carbocycles. The summed E-state index contributed by atoms with van der Waals surface area (Å²) in [6, 6.07) is 1.48. The van der Waals surface area contributed by atoms with Crippen molar-refractivity contribution in [1.29, 1.82) is 0 Å². The fourth-order valence-corrected chi connectivity index (χ4v) is 3.63. The Labute approximate surface area is 108 Å². The first-order valence-electron chi connectivity index (χ1n) is 6.20. The molecule has 1 aromatic heterocycles. The lowest BCUT2D eigenvalue weighted by atomic mass is 9.83. The second-order valence-corrected chi connectivity index (χ2v) is 6.75. The van der Waals surface area contributed by atoms with Crippen LogP contribution < -0.4 is 10.5 Å². The van der Waals surface area contributed by atoms with Gasteiger partial charge in [0.1, 0.15) is 0 Å². The normalized spacial score (nSPS) is 19.9. The molecule has 1 aromatic rings. The van der Waals surface area contributed by atoms with Crippen LogP contribution in [-0.4, -0.2) is 30.3 Å². The number of sulfonamides is 1. The van der Waals surface area contributed by atoms with E-state index in [0.717, 1.165) is 25.7 Å². The van der Waals surface area contributed by atoms with Crippen LogP contribution in [0.4, 0.5) is 0 Å². The lowest BCUT2D eigenvalue weighted by molar-refractivity contribution is 0.296. The molecule has 0 saturated heterocycles. The van der Waals surface area contributed by atoms with Gasteiger partial charge in [-0.2, -0.15) is 5.10 Å². The SMILES string of the molecule is Cn1nccc1S(=O)(=O)NCC1(N)CCCCC1. The summed E-state index contributed by atoms with van der Waals surface area (Å²) in [7, 11) is -1.91. The summed E-state index contributed by atoms with van der Waals surface area (Å²) in [6.45, 7) is 0.292. The van der Waals surface area contributed by atoms with Crippen LogP contribution in [0.3, 0.4) is 0 Å². The van der Waals surface area contributed by atoms with E-state index in [1.54, 1.807) is 7.05 Å². The van der Waals surface area contributed by atoms with E-state index in [0.29, 0.717) is 6.54 Å². The van der Waals surface area contributed by atoms with Crippen LogP contribution in [0.25, 0.3) is 0 Å². The molecule has 7 heteroatoms. The average Bonchev–Trinajstić information content (AvgIpc) is 2.75. The summed E-state index contributed by atoms with van der Waals surface area (Å²) in [6.07, 6.45) is 6.55. The van der Waals surface area contributed by atoms with Crippen molar-refractivity contribution in [2.45, 2.75) is 42.7 Å². The Kier molecular flexibility index (Phi) is 3.74. The molecule has 3 N–H and O–H groups in total. The van der Waals surface area contributed by atoms with E-state index in [-0.39, 0.29) is 5.03 Å². The quantitative estimate of drug-likeness (QED) is 0.828. The molecular weight excluding hydrogens is 252 g/mol. The van der Waals surface area contributed by atoms with E-state index in [9.17, 15) is 8.42 Å². The third kappa shape index (κ3) is 2.90. The lowest BCUT2D eigenvalue weighted by Gasteiger charge is -2.33. The molecule has 0 spiro atoms. The zero-order chi connectivity index (χ0) is 13.2. The Morgan fingerprint density at radius 1 is 1.44 bits per heavy atom. The first-order valence-corrected chi connectivity index (χ1v) is 7.68. The topological polar surface area (TPSA) is 90.0 Å². The number of nitrogens with zero attached hydrogens (tertiary/aromatic N) is 2. The average molecular weight is 272 g/mol. The van der Waals surface area contributed by atoms with Gasteiger partial charge in [-0.3, -0.25) is 4.68 Å². The first-order chi connectivity index (χ1) is 8.43. The highest BCUT2D eigenvalue weighted by atomic mass is 32.2. The van der Waals surface area contributed by atoms with Crippen molar-refractivity contribution in [2.75, 3.05) is 6.54 Å². The van der Waals surface area contributed by atoms with Gasteiger partial charge in [-0.25, -0.2) is 13.1 Å². The van der Waals surface area contributed by atoms with Gasteiger partial charge >= 0.3 is 0 Å². The molecule has 0 amide bonds. The van der Waals surface area contributed by atoms with Crippen molar-refractivity contribution >= 4 is 10.0 Å². The Morgan fingerprint density at radius 3 is 2.67 bits per heavy atom. The van der Waals surface area contributed by atoms with Gasteiger partial charge < -0.3 is 5.73 Å². The fourth-order valence-electron chi connectivity index (χ4n) is 2.37. The van der Waals surface area contributed by atoms with Gasteiger partial charge in [-0.1, -0.05) is 19.3 Å². The maximum Gasteiger partial charge on any atom is 0.257 e. The summed E-state index contributed by atoms with van der Waals surface area (Å²) < 4.78 is 28.1. The van der Waals surface area contributed by atoms with E-state index in [1.165, 1.54) is 23.4 Å². The minimum Gasteiger partial charge on any atom is -0.324 e. The first kappa shape index (κ1) is 13.5. The summed E-state index contributed by atoms with van der Waals surface area (Å²) in [4.78, 5) is 0. The lowest BCUT2D eigenvalue weighted by Crippen LogP contribution is -2.51. The van der Waals surface area contributed by atoms with Crippen LogP contribution in [0.2, 0.25) is 0 Å². The third-order valence-electron chi connectivity index (χ3n) is 3.51. The van der Waals surface area contributed by atoms with Crippen molar-refractivity contribution in [3.05, 3.63) is 12.3 Å². The van der Waals surface area contributed by atoms with Crippen molar-refractivity contribution in [2.24, 2.45) is 12.8 Å². The van der Waals surface area contributed by atoms with Crippen LogP contribution in [0.1, 0.15) is 32.1 Å². The van der Waals surface area contributed by atoms with Gasteiger partial charge in [0.05, 0.1) is 6.20 Å². The van der Waals surface area contributed by atoms with Gasteiger partial charge in [-0.05, 0) is 18.9 Å². The second kappa shape index (κ2) is 4.99. The summed E-state index contributed by atoms with van der Waals surface area (Å²) in [5, 5.41) is 4.03. The molecule has 0 atom stereocenters. The van der Waals surface area contributed by atoms with Gasteiger partial charge in [0.2, 0.25) is 0 Å². The smallest absolute Gasteiger partial charge is 0.257 e. The number of aromatic nitrogens is 2. The summed E-state index contributed by atoms with van der Waals surface area (Å²) in [5.41, 5.74) is 5.81. The van der Waals surface area contributed by atoms with Crippen LogP contribution in [0, 0.1) is 0 Å². The molecule has 0 bridgehead atoms. The fraction of sp³-hybridized carbons (Fsp3) is 0.727. The highest BCUT2D eigenvalue weighted by molar-refractivity contribution is 7.89. The van der Waals surface area contributed by atoms with Crippen molar-refractivity contribution in [3.63, 3.8) is 0 Å². The Morgan fingerprint density at radius 2 is 2.11 bits per heavy atom. The predicted molar refractivity (Wildman–Crippen MR) is 68.4 cm³/mol. The molecule has 0 unspecified atom stereocenters. The molecule has 1 saturated carbocycles. The number of aryl methyl sites for hydroxylation is 1. The molecule has 1 fully saturated rings. The van der Waals surface area contributed by atoms with Crippen molar-refractivity contribution < 1.29 is 8.42 Å². The molecule has 0 radical (unpaired) electrons. The predicted octanol–water partition coefficient (Wildman–Crippen LogP) is 0.360. The number of hydrogen-bond acceptors (Lipinski definition) is 4. The number of rotatable bonds is 4. The van der Waals surface area contributed by atoms with Crippen molar-refractivity contribution in [1.82, 2.24) is 14.5 Å². The minimum absolute atomic E-state index is 0.168. The molecule has 6 nitrogen and oxygen atoms in total. The summed E-state index contributed by atoms with van der Waals surface area (Å²) >= 11 is 0.